The van der Waals surface area contributed by atoms with Crippen LogP contribution in [0.5, 0.6) is 0 Å². The number of H-pyrrole nitrogens is 1. The summed E-state index contributed by atoms with van der Waals surface area (Å²) in [4.78, 5) is 25.3. The molecule has 0 spiro atoms. The molecule has 2 N–H and O–H groups in total. The molecule has 8 nitrogen and oxygen atoms in total. The molecule has 0 aliphatic carbocycles. The number of rotatable bonds is 6. The van der Waals surface area contributed by atoms with Crippen molar-refractivity contribution in [2.75, 3.05) is 5.75 Å². The molecule has 0 fully saturated rings. The molecule has 0 saturated carbocycles. The lowest BCUT2D eigenvalue weighted by molar-refractivity contribution is -0.118. The summed E-state index contributed by atoms with van der Waals surface area (Å²) in [6.45, 7) is 2.38. The van der Waals surface area contributed by atoms with E-state index in [1.54, 1.807) is 0 Å². The number of hydrogen-bond acceptors (Lipinski definition) is 6. The zero-order valence-electron chi connectivity index (χ0n) is 18.9. The number of benzene rings is 3. The lowest BCUT2D eigenvalue weighted by Crippen LogP contribution is -2.25. The Morgan fingerprint density at radius 1 is 0.943 bits per heavy atom. The smallest absolute Gasteiger partial charge is 0.230 e. The molecule has 9 heteroatoms. The van der Waals surface area contributed by atoms with Gasteiger partial charge in [-0.3, -0.25) is 9.20 Å². The quantitative estimate of drug-likeness (QED) is 0.340. The van der Waals surface area contributed by atoms with E-state index >= 15 is 0 Å². The summed E-state index contributed by atoms with van der Waals surface area (Å²) in [5.41, 5.74) is 5.53. The fourth-order valence-corrected chi connectivity index (χ4v) is 4.77. The van der Waals surface area contributed by atoms with Crippen LogP contribution in [0.1, 0.15) is 11.4 Å². The zero-order valence-corrected chi connectivity index (χ0v) is 19.7. The van der Waals surface area contributed by atoms with Gasteiger partial charge in [0.15, 0.2) is 10.8 Å². The molecule has 3 aromatic carbocycles. The summed E-state index contributed by atoms with van der Waals surface area (Å²) in [6.07, 6.45) is 0. The van der Waals surface area contributed by atoms with Crippen LogP contribution < -0.4 is 5.32 Å². The van der Waals surface area contributed by atoms with Crippen molar-refractivity contribution in [2.24, 2.45) is 0 Å². The maximum atomic E-state index is 12.6. The van der Waals surface area contributed by atoms with Crippen LogP contribution in [0, 0.1) is 6.92 Å². The lowest BCUT2D eigenvalue weighted by atomic mass is 10.1. The second kappa shape index (κ2) is 8.84. The van der Waals surface area contributed by atoms with Gasteiger partial charge in [0.05, 0.1) is 28.8 Å². The number of amides is 1. The van der Waals surface area contributed by atoms with E-state index in [4.69, 9.17) is 4.98 Å². The topological polar surface area (TPSA) is 101 Å². The van der Waals surface area contributed by atoms with Crippen LogP contribution in [0.4, 0.5) is 0 Å². The summed E-state index contributed by atoms with van der Waals surface area (Å²) in [5, 5.41) is 13.3. The molecule has 172 valence electrons. The Morgan fingerprint density at radius 2 is 1.71 bits per heavy atom. The van der Waals surface area contributed by atoms with Gasteiger partial charge in [-0.05, 0) is 31.2 Å². The molecule has 6 aromatic rings. The molecule has 3 heterocycles. The Bertz CT molecular complexity index is 1650. The van der Waals surface area contributed by atoms with Crippen LogP contribution in [0.2, 0.25) is 0 Å². The van der Waals surface area contributed by atoms with E-state index < -0.39 is 0 Å². The highest BCUT2D eigenvalue weighted by molar-refractivity contribution is 7.99. The first-order chi connectivity index (χ1) is 17.2. The van der Waals surface area contributed by atoms with Gasteiger partial charge in [0.1, 0.15) is 11.6 Å². The molecule has 0 radical (unpaired) electrons. The van der Waals surface area contributed by atoms with E-state index in [0.29, 0.717) is 11.7 Å². The molecule has 0 unspecified atom stereocenters. The predicted molar refractivity (Wildman–Crippen MR) is 137 cm³/mol. The van der Waals surface area contributed by atoms with Crippen molar-refractivity contribution in [3.63, 3.8) is 0 Å². The summed E-state index contributed by atoms with van der Waals surface area (Å²) in [6, 6.07) is 23.9. The largest absolute Gasteiger partial charge is 0.348 e. The number of hydrogen-bond donors (Lipinski definition) is 2. The molecule has 0 atom stereocenters. The number of nitrogens with one attached hydrogen (secondary N) is 2. The van der Waals surface area contributed by atoms with Gasteiger partial charge in [-0.25, -0.2) is 9.97 Å². The Labute approximate surface area is 204 Å². The Morgan fingerprint density at radius 3 is 2.54 bits per heavy atom. The first kappa shape index (κ1) is 21.3. The molecule has 35 heavy (non-hydrogen) atoms. The third kappa shape index (κ3) is 4.10. The van der Waals surface area contributed by atoms with Gasteiger partial charge in [0, 0.05) is 10.9 Å². The van der Waals surface area contributed by atoms with Gasteiger partial charge in [0.25, 0.3) is 0 Å². The minimum atomic E-state index is -0.113. The molecule has 0 aliphatic heterocycles. The van der Waals surface area contributed by atoms with E-state index in [1.165, 1.54) is 17.3 Å². The van der Waals surface area contributed by atoms with Crippen LogP contribution >= 0.6 is 11.8 Å². The monoisotopic (exact) mass is 479 g/mol. The van der Waals surface area contributed by atoms with Gasteiger partial charge < -0.3 is 10.3 Å². The van der Waals surface area contributed by atoms with Gasteiger partial charge in [-0.15, -0.1) is 10.2 Å². The van der Waals surface area contributed by atoms with E-state index in [2.05, 4.69) is 44.5 Å². The van der Waals surface area contributed by atoms with Crippen molar-refractivity contribution < 1.29 is 4.79 Å². The van der Waals surface area contributed by atoms with Gasteiger partial charge in [0.2, 0.25) is 5.91 Å². The van der Waals surface area contributed by atoms with Crippen molar-refractivity contribution in [1.82, 2.24) is 34.9 Å². The number of aryl methyl sites for hydroxylation is 1. The molecule has 3 aromatic heterocycles. The van der Waals surface area contributed by atoms with E-state index in [-0.39, 0.29) is 11.7 Å². The van der Waals surface area contributed by atoms with Gasteiger partial charge in [-0.2, -0.15) is 0 Å². The SMILES string of the molecule is Cc1ccc(-c2nc3ccccc3c3nnc(SCC(=O)NCc4nc5ccccc5[nH]4)n23)cc1. The highest BCUT2D eigenvalue weighted by Gasteiger charge is 2.17. The van der Waals surface area contributed by atoms with Crippen molar-refractivity contribution in [3.05, 3.63) is 84.2 Å². The van der Waals surface area contributed by atoms with Crippen molar-refractivity contribution >= 4 is 45.3 Å². The number of para-hydroxylation sites is 3. The molecule has 6 rings (SSSR count). The number of imidazole rings is 1. The third-order valence-electron chi connectivity index (χ3n) is 5.75. The number of nitrogens with zero attached hydrogens (tertiary/aromatic N) is 5. The minimum absolute atomic E-state index is 0.113. The molecule has 0 aliphatic rings. The Kier molecular flexibility index (Phi) is 5.38. The Hall–Kier alpha value is -4.24. The summed E-state index contributed by atoms with van der Waals surface area (Å²) < 4.78 is 1.93. The third-order valence-corrected chi connectivity index (χ3v) is 6.68. The average Bonchev–Trinajstić information content (AvgIpc) is 3.50. The number of aromatic nitrogens is 6. The normalized spacial score (nSPS) is 11.5. The number of carbonyl (C=O) groups excluding carboxylic acids is 1. The summed E-state index contributed by atoms with van der Waals surface area (Å²) >= 11 is 1.33. The van der Waals surface area contributed by atoms with Crippen molar-refractivity contribution in [2.45, 2.75) is 18.6 Å². The molecule has 0 saturated heterocycles. The fraction of sp³-hybridized carbons (Fsp3) is 0.115. The standard InChI is InChI=1S/C26H21N7OS/c1-16-10-12-17(13-11-16)24-30-19-7-3-2-6-18(19)25-31-32-26(33(24)25)35-15-23(34)27-14-22-28-20-8-4-5-9-21(20)29-22/h2-13H,14-15H2,1H3,(H,27,34)(H,28,29). The van der Waals surface area contributed by atoms with Gasteiger partial charge >= 0.3 is 0 Å². The van der Waals surface area contributed by atoms with Crippen LogP contribution in [-0.2, 0) is 11.3 Å². The van der Waals surface area contributed by atoms with E-state index in [9.17, 15) is 4.79 Å². The zero-order chi connectivity index (χ0) is 23.8. The average molecular weight is 480 g/mol. The lowest BCUT2D eigenvalue weighted by Gasteiger charge is -2.10. The van der Waals surface area contributed by atoms with Gasteiger partial charge in [-0.1, -0.05) is 65.9 Å². The maximum Gasteiger partial charge on any atom is 0.230 e. The summed E-state index contributed by atoms with van der Waals surface area (Å²) in [7, 11) is 0. The number of fused-ring (bicyclic) bond motifs is 4. The maximum absolute atomic E-state index is 12.6. The van der Waals surface area contributed by atoms with Crippen LogP contribution in [0.3, 0.4) is 0 Å². The predicted octanol–water partition coefficient (Wildman–Crippen LogP) is 4.54. The van der Waals surface area contributed by atoms with Crippen LogP contribution in [0.15, 0.2) is 78.0 Å². The van der Waals surface area contributed by atoms with Crippen LogP contribution in [-0.4, -0.2) is 41.2 Å². The minimum Gasteiger partial charge on any atom is -0.348 e. The Balaban J connectivity index is 1.26. The first-order valence-electron chi connectivity index (χ1n) is 11.2. The fourth-order valence-electron chi connectivity index (χ4n) is 4.00. The van der Waals surface area contributed by atoms with E-state index in [0.717, 1.165) is 44.8 Å². The molecular formula is C26H21N7OS. The number of thioether (sulfide) groups is 1. The number of carbonyl (C=O) groups is 1. The molecular weight excluding hydrogens is 458 g/mol. The van der Waals surface area contributed by atoms with Crippen molar-refractivity contribution in [1.29, 1.82) is 0 Å². The summed E-state index contributed by atoms with van der Waals surface area (Å²) in [5.74, 6) is 1.54. The highest BCUT2D eigenvalue weighted by atomic mass is 32.2. The number of aromatic amines is 1. The second-order valence-corrected chi connectivity index (χ2v) is 9.17. The van der Waals surface area contributed by atoms with Crippen molar-refractivity contribution in [3.8, 4) is 11.4 Å². The second-order valence-electron chi connectivity index (χ2n) is 8.23. The molecule has 0 bridgehead atoms. The van der Waals surface area contributed by atoms with Crippen LogP contribution in [0.25, 0.3) is 39.0 Å². The van der Waals surface area contributed by atoms with E-state index in [1.807, 2.05) is 65.1 Å². The first-order valence-corrected chi connectivity index (χ1v) is 12.2. The molecule has 1 amide bonds. The highest BCUT2D eigenvalue weighted by Crippen LogP contribution is 2.29.